The van der Waals surface area contributed by atoms with Crippen LogP contribution < -0.4 is 4.74 Å². The number of para-hydroxylation sites is 1. The van der Waals surface area contributed by atoms with E-state index in [-0.39, 0.29) is 30.9 Å². The summed E-state index contributed by atoms with van der Waals surface area (Å²) in [5, 5.41) is 10.1. The first-order chi connectivity index (χ1) is 13.6. The molecule has 0 bridgehead atoms. The van der Waals surface area contributed by atoms with Crippen molar-refractivity contribution in [3.05, 3.63) is 42.0 Å². The summed E-state index contributed by atoms with van der Waals surface area (Å²) in [5.41, 5.74) is 0.845. The minimum absolute atomic E-state index is 0.00492. The predicted octanol–water partition coefficient (Wildman–Crippen LogP) is 1.85. The molecule has 2 aliphatic heterocycles. The number of ether oxygens (including phenoxy) is 1. The van der Waals surface area contributed by atoms with Crippen molar-refractivity contribution >= 4 is 11.8 Å². The maximum absolute atomic E-state index is 12.7. The summed E-state index contributed by atoms with van der Waals surface area (Å²) in [7, 11) is 0. The Labute approximate surface area is 165 Å². The molecule has 0 spiro atoms. The van der Waals surface area contributed by atoms with E-state index < -0.39 is 5.41 Å². The summed E-state index contributed by atoms with van der Waals surface area (Å²) in [6.07, 6.45) is 5.94. The van der Waals surface area contributed by atoms with Crippen LogP contribution in [0.1, 0.15) is 25.7 Å². The number of likely N-dealkylation sites (tertiary alicyclic amines) is 2. The maximum atomic E-state index is 12.7. The molecule has 0 saturated carbocycles. The molecule has 6 heteroatoms. The van der Waals surface area contributed by atoms with E-state index in [2.05, 4.69) is 6.08 Å². The van der Waals surface area contributed by atoms with Gasteiger partial charge in [0.2, 0.25) is 5.91 Å². The van der Waals surface area contributed by atoms with Crippen molar-refractivity contribution < 1.29 is 19.4 Å². The van der Waals surface area contributed by atoms with Crippen molar-refractivity contribution in [1.29, 1.82) is 0 Å². The zero-order chi connectivity index (χ0) is 19.6. The molecule has 2 heterocycles. The molecule has 1 aromatic carbocycles. The van der Waals surface area contributed by atoms with Gasteiger partial charge >= 0.3 is 0 Å². The third-order valence-electron chi connectivity index (χ3n) is 6.40. The van der Waals surface area contributed by atoms with Gasteiger partial charge in [0.25, 0.3) is 5.91 Å². The maximum Gasteiger partial charge on any atom is 0.260 e. The van der Waals surface area contributed by atoms with Gasteiger partial charge < -0.3 is 19.6 Å². The largest absolute Gasteiger partial charge is 0.484 e. The van der Waals surface area contributed by atoms with Crippen LogP contribution >= 0.6 is 0 Å². The van der Waals surface area contributed by atoms with Crippen LogP contribution in [0.15, 0.2) is 42.0 Å². The van der Waals surface area contributed by atoms with Crippen LogP contribution in [-0.2, 0) is 9.59 Å². The Bertz CT molecular complexity index is 763. The monoisotopic (exact) mass is 384 g/mol. The molecule has 150 valence electrons. The van der Waals surface area contributed by atoms with Gasteiger partial charge in [0, 0.05) is 43.9 Å². The highest BCUT2D eigenvalue weighted by atomic mass is 16.5. The SMILES string of the molecule is O=C(COc1ccccc1)N1CC2CN(C(=O)CC3=CCCC3)CC2(CO)C1. The third kappa shape index (κ3) is 3.78. The van der Waals surface area contributed by atoms with Crippen molar-refractivity contribution in [2.45, 2.75) is 25.7 Å². The normalized spacial score (nSPS) is 26.3. The number of hydrogen-bond acceptors (Lipinski definition) is 4. The molecule has 2 saturated heterocycles. The van der Waals surface area contributed by atoms with E-state index in [1.54, 1.807) is 4.90 Å². The number of rotatable bonds is 6. The van der Waals surface area contributed by atoms with Crippen molar-refractivity contribution in [3.63, 3.8) is 0 Å². The zero-order valence-corrected chi connectivity index (χ0v) is 16.2. The van der Waals surface area contributed by atoms with Gasteiger partial charge in [-0.05, 0) is 31.4 Å². The second kappa shape index (κ2) is 7.95. The molecule has 2 unspecified atom stereocenters. The van der Waals surface area contributed by atoms with E-state index in [0.717, 1.165) is 19.3 Å². The summed E-state index contributed by atoms with van der Waals surface area (Å²) in [6, 6.07) is 9.29. The lowest BCUT2D eigenvalue weighted by molar-refractivity contribution is -0.133. The van der Waals surface area contributed by atoms with E-state index >= 15 is 0 Å². The van der Waals surface area contributed by atoms with Crippen LogP contribution in [0, 0.1) is 11.3 Å². The van der Waals surface area contributed by atoms with Crippen molar-refractivity contribution in [2.24, 2.45) is 11.3 Å². The Balaban J connectivity index is 1.33. The van der Waals surface area contributed by atoms with Gasteiger partial charge in [-0.3, -0.25) is 9.59 Å². The van der Waals surface area contributed by atoms with Crippen molar-refractivity contribution in [2.75, 3.05) is 39.4 Å². The van der Waals surface area contributed by atoms with Crippen molar-refractivity contribution in [1.82, 2.24) is 9.80 Å². The molecular formula is C22H28N2O4. The van der Waals surface area contributed by atoms with Gasteiger partial charge in [-0.1, -0.05) is 29.8 Å². The zero-order valence-electron chi connectivity index (χ0n) is 16.2. The molecule has 1 N–H and O–H groups in total. The van der Waals surface area contributed by atoms with Crippen LogP contribution in [0.4, 0.5) is 0 Å². The second-order valence-electron chi connectivity index (χ2n) is 8.30. The Kier molecular flexibility index (Phi) is 5.40. The summed E-state index contributed by atoms with van der Waals surface area (Å²) < 4.78 is 5.58. The summed E-state index contributed by atoms with van der Waals surface area (Å²) in [5.74, 6) is 0.880. The predicted molar refractivity (Wildman–Crippen MR) is 105 cm³/mol. The molecule has 2 amide bonds. The molecule has 4 rings (SSSR count). The number of carbonyl (C=O) groups is 2. The minimum atomic E-state index is -0.401. The van der Waals surface area contributed by atoms with Crippen molar-refractivity contribution in [3.8, 4) is 5.75 Å². The van der Waals surface area contributed by atoms with Gasteiger partial charge in [0.1, 0.15) is 5.75 Å². The van der Waals surface area contributed by atoms with Gasteiger partial charge in [0.05, 0.1) is 6.61 Å². The first kappa shape index (κ1) is 19.0. The number of amides is 2. The van der Waals surface area contributed by atoms with Crippen LogP contribution in [0.3, 0.4) is 0 Å². The van der Waals surface area contributed by atoms with E-state index in [9.17, 15) is 14.7 Å². The second-order valence-corrected chi connectivity index (χ2v) is 8.30. The van der Waals surface area contributed by atoms with E-state index in [1.807, 2.05) is 35.2 Å². The number of benzene rings is 1. The standard InChI is InChI=1S/C22H28N2O4/c25-16-22-14-23(20(26)10-17-6-4-5-7-17)11-18(22)12-24(15-22)21(27)13-28-19-8-2-1-3-9-19/h1-3,6,8-9,18,25H,4-5,7,10-16H2. The fourth-order valence-corrected chi connectivity index (χ4v) is 4.74. The Morgan fingerprint density at radius 3 is 2.43 bits per heavy atom. The number of aliphatic hydroxyl groups excluding tert-OH is 1. The lowest BCUT2D eigenvalue weighted by Gasteiger charge is -2.27. The number of aliphatic hydroxyl groups is 1. The number of carbonyl (C=O) groups excluding carboxylic acids is 2. The molecular weight excluding hydrogens is 356 g/mol. The molecule has 1 aliphatic carbocycles. The molecule has 0 radical (unpaired) electrons. The van der Waals surface area contributed by atoms with E-state index in [1.165, 1.54) is 5.57 Å². The first-order valence-electron chi connectivity index (χ1n) is 10.1. The molecule has 28 heavy (non-hydrogen) atoms. The van der Waals surface area contributed by atoms with E-state index in [4.69, 9.17) is 4.74 Å². The van der Waals surface area contributed by atoms with Gasteiger partial charge in [-0.2, -0.15) is 0 Å². The lowest BCUT2D eigenvalue weighted by Crippen LogP contribution is -2.41. The molecule has 3 aliphatic rings. The van der Waals surface area contributed by atoms with Crippen LogP contribution in [-0.4, -0.2) is 66.1 Å². The highest BCUT2D eigenvalue weighted by Gasteiger charge is 2.54. The van der Waals surface area contributed by atoms with Crippen LogP contribution in [0.2, 0.25) is 0 Å². The molecule has 2 atom stereocenters. The van der Waals surface area contributed by atoms with Crippen LogP contribution in [0.25, 0.3) is 0 Å². The minimum Gasteiger partial charge on any atom is -0.484 e. The van der Waals surface area contributed by atoms with E-state index in [0.29, 0.717) is 38.3 Å². The van der Waals surface area contributed by atoms with Gasteiger partial charge in [-0.25, -0.2) is 0 Å². The number of hydrogen-bond donors (Lipinski definition) is 1. The van der Waals surface area contributed by atoms with Gasteiger partial charge in [0.15, 0.2) is 6.61 Å². The van der Waals surface area contributed by atoms with Crippen LogP contribution in [0.5, 0.6) is 5.75 Å². The summed E-state index contributed by atoms with van der Waals surface area (Å²) in [4.78, 5) is 28.9. The molecule has 0 aromatic heterocycles. The molecule has 6 nitrogen and oxygen atoms in total. The Morgan fingerprint density at radius 2 is 1.82 bits per heavy atom. The Morgan fingerprint density at radius 1 is 1.11 bits per heavy atom. The average molecular weight is 384 g/mol. The smallest absolute Gasteiger partial charge is 0.260 e. The number of nitrogens with zero attached hydrogens (tertiary/aromatic N) is 2. The number of allylic oxidation sites excluding steroid dienone is 1. The van der Waals surface area contributed by atoms with Gasteiger partial charge in [-0.15, -0.1) is 0 Å². The molecule has 1 aromatic rings. The fourth-order valence-electron chi connectivity index (χ4n) is 4.74. The average Bonchev–Trinajstić information content (AvgIpc) is 3.41. The topological polar surface area (TPSA) is 70.1 Å². The molecule has 2 fully saturated rings. The lowest BCUT2D eigenvalue weighted by atomic mass is 9.82. The Hall–Kier alpha value is -2.34. The highest BCUT2D eigenvalue weighted by molar-refractivity contribution is 5.80. The quantitative estimate of drug-likeness (QED) is 0.760. The highest BCUT2D eigenvalue weighted by Crippen LogP contribution is 2.42. The summed E-state index contributed by atoms with van der Waals surface area (Å²) >= 11 is 0. The number of fused-ring (bicyclic) bond motifs is 1. The third-order valence-corrected chi connectivity index (χ3v) is 6.40. The fraction of sp³-hybridized carbons (Fsp3) is 0.545. The first-order valence-corrected chi connectivity index (χ1v) is 10.1. The summed E-state index contributed by atoms with van der Waals surface area (Å²) in [6.45, 7) is 2.20.